The minimum Gasteiger partial charge on any atom is -0.375 e. The molecule has 0 unspecified atom stereocenters. The molecule has 1 aliphatic carbocycles. The molecule has 0 saturated heterocycles. The van der Waals surface area contributed by atoms with E-state index in [4.69, 9.17) is 0 Å². The minimum atomic E-state index is -0.283. The Morgan fingerprint density at radius 1 is 1.11 bits per heavy atom. The Morgan fingerprint density at radius 3 is 2.37 bits per heavy atom. The number of guanidine groups is 1. The van der Waals surface area contributed by atoms with Crippen LogP contribution < -0.4 is 15.5 Å². The zero-order valence-corrected chi connectivity index (χ0v) is 17.3. The first-order valence-electron chi connectivity index (χ1n) is 9.91. The van der Waals surface area contributed by atoms with E-state index >= 15 is 0 Å². The van der Waals surface area contributed by atoms with Crippen molar-refractivity contribution in [2.24, 2.45) is 10.4 Å². The number of nitrogens with one attached hydrogen (secondary N) is 2. The smallest absolute Gasteiger partial charge is 0.230 e. The maximum Gasteiger partial charge on any atom is 0.230 e. The number of hydrogen-bond acceptors (Lipinski definition) is 3. The lowest BCUT2D eigenvalue weighted by Gasteiger charge is -2.31. The van der Waals surface area contributed by atoms with Crippen molar-refractivity contribution in [2.45, 2.75) is 32.1 Å². The molecular weight excluding hydrogens is 338 g/mol. The normalized spacial score (nSPS) is 16.1. The summed E-state index contributed by atoms with van der Waals surface area (Å²) in [7, 11) is 7.58. The van der Waals surface area contributed by atoms with Crippen LogP contribution in [0.4, 0.5) is 5.69 Å². The van der Waals surface area contributed by atoms with Gasteiger partial charge in [0.05, 0.1) is 5.41 Å². The quantitative estimate of drug-likeness (QED) is 0.417. The summed E-state index contributed by atoms with van der Waals surface area (Å²) in [5.74, 6) is 1.00. The highest BCUT2D eigenvalue weighted by Crippen LogP contribution is 2.38. The molecule has 0 heterocycles. The number of benzene rings is 1. The standard InChI is InChI=1S/C21H35N5O/c1-22-20(23-15-10-16-26(4)18-11-6-5-7-12-18)24-17-21(13-8-9-14-21)19(27)25(2)3/h5-7,11-12H,8-10,13-17H2,1-4H3,(H2,22,23,24). The fraction of sp³-hybridized carbons (Fsp3) is 0.619. The summed E-state index contributed by atoms with van der Waals surface area (Å²) in [6.07, 6.45) is 5.16. The van der Waals surface area contributed by atoms with Gasteiger partial charge in [0.15, 0.2) is 5.96 Å². The van der Waals surface area contributed by atoms with Gasteiger partial charge in [-0.05, 0) is 31.4 Å². The molecule has 6 heteroatoms. The van der Waals surface area contributed by atoms with Crippen LogP contribution in [0, 0.1) is 5.41 Å². The number of anilines is 1. The van der Waals surface area contributed by atoms with Gasteiger partial charge in [0, 0.05) is 53.5 Å². The van der Waals surface area contributed by atoms with E-state index in [9.17, 15) is 4.79 Å². The van der Waals surface area contributed by atoms with Gasteiger partial charge >= 0.3 is 0 Å². The van der Waals surface area contributed by atoms with E-state index in [1.165, 1.54) is 5.69 Å². The number of carbonyl (C=O) groups is 1. The summed E-state index contributed by atoms with van der Waals surface area (Å²) in [6.45, 7) is 2.45. The van der Waals surface area contributed by atoms with Crippen molar-refractivity contribution in [3.63, 3.8) is 0 Å². The monoisotopic (exact) mass is 373 g/mol. The molecule has 150 valence electrons. The van der Waals surface area contributed by atoms with Gasteiger partial charge in [0.25, 0.3) is 0 Å². The van der Waals surface area contributed by atoms with E-state index in [-0.39, 0.29) is 11.3 Å². The molecule has 2 N–H and O–H groups in total. The Morgan fingerprint density at radius 2 is 1.78 bits per heavy atom. The molecule has 0 aromatic heterocycles. The van der Waals surface area contributed by atoms with Gasteiger partial charge in [0.2, 0.25) is 5.91 Å². The molecule has 27 heavy (non-hydrogen) atoms. The van der Waals surface area contributed by atoms with Gasteiger partial charge in [0.1, 0.15) is 0 Å². The Balaban J connectivity index is 1.76. The third-order valence-corrected chi connectivity index (χ3v) is 5.40. The van der Waals surface area contributed by atoms with Crippen molar-refractivity contribution in [3.8, 4) is 0 Å². The predicted octanol–water partition coefficient (Wildman–Crippen LogP) is 2.33. The molecule has 1 aromatic carbocycles. The largest absolute Gasteiger partial charge is 0.375 e. The molecule has 1 aliphatic rings. The molecule has 1 saturated carbocycles. The zero-order valence-electron chi connectivity index (χ0n) is 17.3. The molecule has 1 aromatic rings. The molecular formula is C21H35N5O. The van der Waals surface area contributed by atoms with Crippen LogP contribution in [0.2, 0.25) is 0 Å². The lowest BCUT2D eigenvalue weighted by Crippen LogP contribution is -2.49. The Bertz CT molecular complexity index is 608. The van der Waals surface area contributed by atoms with Crippen LogP contribution in [0.15, 0.2) is 35.3 Å². The second-order valence-electron chi connectivity index (χ2n) is 7.65. The topological polar surface area (TPSA) is 60.0 Å². The van der Waals surface area contributed by atoms with Crippen LogP contribution in [-0.4, -0.2) is 64.6 Å². The Kier molecular flexibility index (Phi) is 7.95. The van der Waals surface area contributed by atoms with Crippen molar-refractivity contribution in [2.75, 3.05) is 52.7 Å². The predicted molar refractivity (Wildman–Crippen MR) is 113 cm³/mol. The molecule has 0 atom stereocenters. The minimum absolute atomic E-state index is 0.229. The first-order valence-corrected chi connectivity index (χ1v) is 9.91. The van der Waals surface area contributed by atoms with Crippen molar-refractivity contribution in [3.05, 3.63) is 30.3 Å². The maximum absolute atomic E-state index is 12.7. The second kappa shape index (κ2) is 10.2. The van der Waals surface area contributed by atoms with E-state index < -0.39 is 0 Å². The Labute approximate surface area is 164 Å². The summed E-state index contributed by atoms with van der Waals surface area (Å²) in [5.41, 5.74) is 0.944. The van der Waals surface area contributed by atoms with Gasteiger partial charge < -0.3 is 20.4 Å². The van der Waals surface area contributed by atoms with Crippen LogP contribution in [-0.2, 0) is 4.79 Å². The van der Waals surface area contributed by atoms with Crippen LogP contribution in [0.5, 0.6) is 0 Å². The number of nitrogens with zero attached hydrogens (tertiary/aromatic N) is 3. The number of para-hydroxylation sites is 1. The summed E-state index contributed by atoms with van der Waals surface area (Å²) in [6, 6.07) is 10.4. The summed E-state index contributed by atoms with van der Waals surface area (Å²) in [4.78, 5) is 20.9. The van der Waals surface area contributed by atoms with Gasteiger partial charge in [-0.2, -0.15) is 0 Å². The van der Waals surface area contributed by atoms with E-state index in [0.29, 0.717) is 6.54 Å². The van der Waals surface area contributed by atoms with Crippen LogP contribution in [0.1, 0.15) is 32.1 Å². The molecule has 6 nitrogen and oxygen atoms in total. The van der Waals surface area contributed by atoms with E-state index in [1.807, 2.05) is 20.2 Å². The van der Waals surface area contributed by atoms with Crippen LogP contribution >= 0.6 is 0 Å². The third kappa shape index (κ3) is 5.88. The molecule has 1 fully saturated rings. The molecule has 1 amide bonds. The maximum atomic E-state index is 12.7. The van der Waals surface area contributed by atoms with Crippen molar-refractivity contribution < 1.29 is 4.79 Å². The van der Waals surface area contributed by atoms with Gasteiger partial charge in [-0.25, -0.2) is 0 Å². The zero-order chi connectivity index (χ0) is 19.7. The lowest BCUT2D eigenvalue weighted by atomic mass is 9.84. The fourth-order valence-corrected chi connectivity index (χ4v) is 3.80. The number of carbonyl (C=O) groups excluding carboxylic acids is 1. The highest BCUT2D eigenvalue weighted by Gasteiger charge is 2.42. The molecule has 0 bridgehead atoms. The SMILES string of the molecule is CN=C(NCCCN(C)c1ccccc1)NCC1(C(=O)N(C)C)CCCC1. The van der Waals surface area contributed by atoms with E-state index in [1.54, 1.807) is 11.9 Å². The van der Waals surface area contributed by atoms with Gasteiger partial charge in [-0.3, -0.25) is 9.79 Å². The molecule has 2 rings (SSSR count). The lowest BCUT2D eigenvalue weighted by molar-refractivity contribution is -0.138. The van der Waals surface area contributed by atoms with Crippen LogP contribution in [0.25, 0.3) is 0 Å². The first-order chi connectivity index (χ1) is 13.0. The van der Waals surface area contributed by atoms with E-state index in [0.717, 1.165) is 51.2 Å². The number of hydrogen-bond donors (Lipinski definition) is 2. The van der Waals surface area contributed by atoms with Crippen molar-refractivity contribution in [1.29, 1.82) is 0 Å². The Hall–Kier alpha value is -2.24. The van der Waals surface area contributed by atoms with Gasteiger partial charge in [-0.15, -0.1) is 0 Å². The van der Waals surface area contributed by atoms with Crippen LogP contribution in [0.3, 0.4) is 0 Å². The summed E-state index contributed by atoms with van der Waals surface area (Å²) >= 11 is 0. The van der Waals surface area contributed by atoms with Gasteiger partial charge in [-0.1, -0.05) is 31.0 Å². The first kappa shape index (κ1) is 21.1. The highest BCUT2D eigenvalue weighted by atomic mass is 16.2. The molecule has 0 spiro atoms. The average molecular weight is 374 g/mol. The second-order valence-corrected chi connectivity index (χ2v) is 7.65. The average Bonchev–Trinajstić information content (AvgIpc) is 3.17. The molecule has 0 radical (unpaired) electrons. The van der Waals surface area contributed by atoms with Crippen molar-refractivity contribution in [1.82, 2.24) is 15.5 Å². The number of aliphatic imine (C=N–C) groups is 1. The molecule has 0 aliphatic heterocycles. The number of rotatable bonds is 8. The summed E-state index contributed by atoms with van der Waals surface area (Å²) in [5, 5.41) is 6.76. The van der Waals surface area contributed by atoms with E-state index in [2.05, 4.69) is 51.8 Å². The number of amides is 1. The fourth-order valence-electron chi connectivity index (χ4n) is 3.80. The summed E-state index contributed by atoms with van der Waals surface area (Å²) < 4.78 is 0. The highest BCUT2D eigenvalue weighted by molar-refractivity contribution is 5.85. The van der Waals surface area contributed by atoms with Crippen molar-refractivity contribution >= 4 is 17.6 Å². The third-order valence-electron chi connectivity index (χ3n) is 5.40.